The molecular weight excluding hydrogens is 250 g/mol. The van der Waals surface area contributed by atoms with E-state index in [4.69, 9.17) is 4.42 Å². The summed E-state index contributed by atoms with van der Waals surface area (Å²) in [4.78, 5) is 11.9. The zero-order valence-corrected chi connectivity index (χ0v) is 12.4. The summed E-state index contributed by atoms with van der Waals surface area (Å²) in [6.45, 7) is 2.25. The fraction of sp³-hybridized carbons (Fsp3) is 0.706. The van der Waals surface area contributed by atoms with E-state index in [0.717, 1.165) is 36.7 Å². The van der Waals surface area contributed by atoms with Crippen LogP contribution in [-0.2, 0) is 11.2 Å². The average Bonchev–Trinajstić information content (AvgIpc) is 3.01. The fourth-order valence-electron chi connectivity index (χ4n) is 3.23. The van der Waals surface area contributed by atoms with Crippen molar-refractivity contribution >= 4 is 5.91 Å². The number of nitrogens with one attached hydrogen (secondary N) is 1. The molecule has 20 heavy (non-hydrogen) atoms. The fourth-order valence-corrected chi connectivity index (χ4v) is 3.23. The van der Waals surface area contributed by atoms with E-state index in [1.165, 1.54) is 25.7 Å². The molecule has 110 valence electrons. The van der Waals surface area contributed by atoms with Crippen LogP contribution in [0.25, 0.3) is 0 Å². The van der Waals surface area contributed by atoms with Gasteiger partial charge in [-0.3, -0.25) is 4.79 Å². The first kappa shape index (κ1) is 13.7. The van der Waals surface area contributed by atoms with Crippen LogP contribution in [0.15, 0.2) is 16.5 Å². The first-order valence-corrected chi connectivity index (χ1v) is 8.10. The van der Waals surface area contributed by atoms with Gasteiger partial charge in [-0.05, 0) is 37.3 Å². The maximum Gasteiger partial charge on any atom is 0.220 e. The van der Waals surface area contributed by atoms with Gasteiger partial charge in [0.15, 0.2) is 0 Å². The van der Waals surface area contributed by atoms with E-state index in [0.29, 0.717) is 18.4 Å². The number of hydrogen-bond donors (Lipinski definition) is 1. The van der Waals surface area contributed by atoms with Crippen LogP contribution in [0.5, 0.6) is 0 Å². The average molecular weight is 275 g/mol. The summed E-state index contributed by atoms with van der Waals surface area (Å²) >= 11 is 0. The van der Waals surface area contributed by atoms with E-state index < -0.39 is 0 Å². The van der Waals surface area contributed by atoms with Gasteiger partial charge in [-0.1, -0.05) is 26.2 Å². The van der Waals surface area contributed by atoms with Crippen LogP contribution in [0, 0.1) is 5.92 Å². The molecule has 3 nitrogen and oxygen atoms in total. The highest BCUT2D eigenvalue weighted by atomic mass is 16.3. The van der Waals surface area contributed by atoms with Gasteiger partial charge in [0.05, 0.1) is 0 Å². The molecule has 0 aromatic carbocycles. The first-order valence-electron chi connectivity index (χ1n) is 8.10. The lowest BCUT2D eigenvalue weighted by Crippen LogP contribution is -2.36. The Labute approximate surface area is 121 Å². The summed E-state index contributed by atoms with van der Waals surface area (Å²) < 4.78 is 5.84. The van der Waals surface area contributed by atoms with Crippen molar-refractivity contribution in [2.24, 2.45) is 5.92 Å². The van der Waals surface area contributed by atoms with Crippen LogP contribution < -0.4 is 5.32 Å². The Kier molecular flexibility index (Phi) is 4.13. The number of furan rings is 1. The second-order valence-corrected chi connectivity index (χ2v) is 6.53. The maximum absolute atomic E-state index is 11.9. The van der Waals surface area contributed by atoms with E-state index in [2.05, 4.69) is 18.3 Å². The number of rotatable bonds is 5. The van der Waals surface area contributed by atoms with Crippen molar-refractivity contribution in [3.8, 4) is 0 Å². The SMILES string of the molecule is C[C@@H]1C[C@H]1c1ccc(CCC(=O)NC2CCCCC2)o1. The second kappa shape index (κ2) is 6.02. The number of aryl methyl sites for hydroxylation is 1. The normalized spacial score (nSPS) is 26.4. The molecule has 0 aliphatic heterocycles. The minimum absolute atomic E-state index is 0.176. The molecule has 1 aromatic heterocycles. The van der Waals surface area contributed by atoms with Gasteiger partial charge in [-0.15, -0.1) is 0 Å². The highest BCUT2D eigenvalue weighted by molar-refractivity contribution is 5.76. The largest absolute Gasteiger partial charge is 0.466 e. The Morgan fingerprint density at radius 3 is 2.75 bits per heavy atom. The number of amides is 1. The van der Waals surface area contributed by atoms with Crippen molar-refractivity contribution in [1.29, 1.82) is 0 Å². The maximum atomic E-state index is 11.9. The van der Waals surface area contributed by atoms with Gasteiger partial charge in [0.2, 0.25) is 5.91 Å². The molecule has 2 atom stereocenters. The standard InChI is InChI=1S/C17H25NO2/c1-12-11-15(12)16-9-7-14(20-16)8-10-17(19)18-13-5-3-2-4-6-13/h7,9,12-13,15H,2-6,8,10-11H2,1H3,(H,18,19)/t12-,15-/m1/s1. The van der Waals surface area contributed by atoms with Crippen molar-refractivity contribution < 1.29 is 9.21 Å². The minimum Gasteiger partial charge on any atom is -0.466 e. The molecule has 2 aliphatic carbocycles. The van der Waals surface area contributed by atoms with Crippen LogP contribution in [0.3, 0.4) is 0 Å². The van der Waals surface area contributed by atoms with Crippen LogP contribution in [0.2, 0.25) is 0 Å². The Morgan fingerprint density at radius 1 is 1.30 bits per heavy atom. The molecule has 0 radical (unpaired) electrons. The molecule has 0 spiro atoms. The van der Waals surface area contributed by atoms with E-state index in [1.807, 2.05) is 6.07 Å². The third-order valence-corrected chi connectivity index (χ3v) is 4.73. The first-order chi connectivity index (χ1) is 9.72. The highest BCUT2D eigenvalue weighted by Gasteiger charge is 2.36. The van der Waals surface area contributed by atoms with Crippen molar-refractivity contribution in [2.75, 3.05) is 0 Å². The van der Waals surface area contributed by atoms with Gasteiger partial charge >= 0.3 is 0 Å². The van der Waals surface area contributed by atoms with Gasteiger partial charge < -0.3 is 9.73 Å². The van der Waals surface area contributed by atoms with Crippen molar-refractivity contribution in [3.05, 3.63) is 23.7 Å². The molecule has 3 rings (SSSR count). The number of carbonyl (C=O) groups excluding carboxylic acids is 1. The van der Waals surface area contributed by atoms with E-state index >= 15 is 0 Å². The summed E-state index contributed by atoms with van der Waals surface area (Å²) in [7, 11) is 0. The quantitative estimate of drug-likeness (QED) is 0.888. The van der Waals surface area contributed by atoms with Gasteiger partial charge in [0.25, 0.3) is 0 Å². The van der Waals surface area contributed by atoms with Crippen LogP contribution in [0.4, 0.5) is 0 Å². The van der Waals surface area contributed by atoms with E-state index in [9.17, 15) is 4.79 Å². The predicted molar refractivity (Wildman–Crippen MR) is 78.6 cm³/mol. The minimum atomic E-state index is 0.176. The molecule has 2 aliphatic rings. The van der Waals surface area contributed by atoms with Crippen molar-refractivity contribution in [3.63, 3.8) is 0 Å². The third kappa shape index (κ3) is 3.44. The lowest BCUT2D eigenvalue weighted by Gasteiger charge is -2.22. The molecule has 0 unspecified atom stereocenters. The Hall–Kier alpha value is -1.25. The van der Waals surface area contributed by atoms with E-state index in [1.54, 1.807) is 0 Å². The lowest BCUT2D eigenvalue weighted by molar-refractivity contribution is -0.122. The number of hydrogen-bond acceptors (Lipinski definition) is 2. The predicted octanol–water partition coefficient (Wildman–Crippen LogP) is 3.78. The van der Waals surface area contributed by atoms with Crippen LogP contribution in [0.1, 0.15) is 69.3 Å². The Balaban J connectivity index is 1.42. The molecule has 2 saturated carbocycles. The van der Waals surface area contributed by atoms with Gasteiger partial charge in [0, 0.05) is 24.8 Å². The second-order valence-electron chi connectivity index (χ2n) is 6.53. The molecule has 2 fully saturated rings. The van der Waals surface area contributed by atoms with Gasteiger partial charge in [-0.2, -0.15) is 0 Å². The van der Waals surface area contributed by atoms with E-state index in [-0.39, 0.29) is 5.91 Å². The molecule has 3 heteroatoms. The number of carbonyl (C=O) groups is 1. The third-order valence-electron chi connectivity index (χ3n) is 4.73. The highest BCUT2D eigenvalue weighted by Crippen LogP contribution is 2.47. The molecule has 1 aromatic rings. The zero-order valence-electron chi connectivity index (χ0n) is 12.4. The van der Waals surface area contributed by atoms with Crippen LogP contribution >= 0.6 is 0 Å². The Bertz CT molecular complexity index is 459. The summed E-state index contributed by atoms with van der Waals surface area (Å²) in [6, 6.07) is 4.53. The summed E-state index contributed by atoms with van der Waals surface area (Å²) in [6.07, 6.45) is 8.64. The molecule has 1 N–H and O–H groups in total. The summed E-state index contributed by atoms with van der Waals surface area (Å²) in [5.41, 5.74) is 0. The monoisotopic (exact) mass is 275 g/mol. The molecule has 0 bridgehead atoms. The van der Waals surface area contributed by atoms with Crippen molar-refractivity contribution in [1.82, 2.24) is 5.32 Å². The van der Waals surface area contributed by atoms with Crippen molar-refractivity contribution in [2.45, 2.75) is 70.3 Å². The molecular formula is C17H25NO2. The van der Waals surface area contributed by atoms with Gasteiger partial charge in [0.1, 0.15) is 11.5 Å². The lowest BCUT2D eigenvalue weighted by atomic mass is 9.95. The topological polar surface area (TPSA) is 42.2 Å². The van der Waals surface area contributed by atoms with Gasteiger partial charge in [-0.25, -0.2) is 0 Å². The molecule has 0 saturated heterocycles. The molecule has 1 amide bonds. The van der Waals surface area contributed by atoms with Crippen LogP contribution in [-0.4, -0.2) is 11.9 Å². The zero-order chi connectivity index (χ0) is 13.9. The summed E-state index contributed by atoms with van der Waals surface area (Å²) in [5.74, 6) is 3.64. The smallest absolute Gasteiger partial charge is 0.220 e. The Morgan fingerprint density at radius 2 is 2.05 bits per heavy atom. The molecule has 1 heterocycles. The summed E-state index contributed by atoms with van der Waals surface area (Å²) in [5, 5.41) is 3.16.